The van der Waals surface area contributed by atoms with Crippen LogP contribution in [0.15, 0.2) is 71.6 Å². The van der Waals surface area contributed by atoms with Crippen molar-refractivity contribution in [1.82, 2.24) is 4.90 Å². The number of methoxy groups -OCH3 is 2. The number of ether oxygens (including phenoxy) is 2. The third-order valence-electron chi connectivity index (χ3n) is 6.33. The molecule has 0 spiro atoms. The number of carbonyl (C=O) groups excluding carboxylic acids is 2. The largest absolute Gasteiger partial charge is 0.493 e. The molecule has 3 aromatic rings. The summed E-state index contributed by atoms with van der Waals surface area (Å²) in [5, 5.41) is 0.634. The molecule has 0 bridgehead atoms. The number of thioether (sulfide) groups is 1. The fourth-order valence-electron chi connectivity index (χ4n) is 4.45. The maximum absolute atomic E-state index is 13.7. The number of halogens is 1. The highest BCUT2D eigenvalue weighted by atomic mass is 35.5. The van der Waals surface area contributed by atoms with Gasteiger partial charge in [0, 0.05) is 17.1 Å². The molecule has 37 heavy (non-hydrogen) atoms. The summed E-state index contributed by atoms with van der Waals surface area (Å²) in [6.45, 7) is 0.761. The van der Waals surface area contributed by atoms with Crippen LogP contribution < -0.4 is 14.4 Å². The molecule has 2 amide bonds. The van der Waals surface area contributed by atoms with Crippen molar-refractivity contribution in [2.24, 2.45) is 0 Å². The number of hydrogen-bond donors (Lipinski definition) is 0. The molecule has 2 aliphatic heterocycles. The van der Waals surface area contributed by atoms with E-state index in [0.717, 1.165) is 22.4 Å². The summed E-state index contributed by atoms with van der Waals surface area (Å²) < 4.78 is 11.1. The summed E-state index contributed by atoms with van der Waals surface area (Å²) in [5.74, 6) is 0.808. The van der Waals surface area contributed by atoms with Crippen LogP contribution in [-0.4, -0.2) is 41.8 Å². The second kappa shape index (κ2) is 10.6. The molecule has 1 saturated heterocycles. The van der Waals surface area contributed by atoms with Gasteiger partial charge in [-0.2, -0.15) is 0 Å². The molecule has 0 atom stereocenters. The fraction of sp³-hybridized carbons (Fsp3) is 0.179. The molecule has 9 heteroatoms. The molecule has 5 rings (SSSR count). The Labute approximate surface area is 229 Å². The van der Waals surface area contributed by atoms with E-state index in [-0.39, 0.29) is 11.8 Å². The van der Waals surface area contributed by atoms with Crippen LogP contribution in [0.25, 0.3) is 5.57 Å². The number of rotatable bonds is 7. The fourth-order valence-corrected chi connectivity index (χ4v) is 5.95. The summed E-state index contributed by atoms with van der Waals surface area (Å²) in [4.78, 5) is 30.8. The van der Waals surface area contributed by atoms with Gasteiger partial charge in [-0.3, -0.25) is 14.5 Å². The van der Waals surface area contributed by atoms with E-state index >= 15 is 0 Å². The van der Waals surface area contributed by atoms with Gasteiger partial charge in [0.05, 0.1) is 36.9 Å². The molecule has 3 aromatic carbocycles. The highest BCUT2D eigenvalue weighted by Gasteiger charge is 2.41. The molecule has 0 N–H and O–H groups in total. The predicted octanol–water partition coefficient (Wildman–Crippen LogP) is 5.72. The van der Waals surface area contributed by atoms with E-state index in [9.17, 15) is 9.59 Å². The Hall–Kier alpha value is -3.33. The van der Waals surface area contributed by atoms with Crippen molar-refractivity contribution < 1.29 is 19.1 Å². The first kappa shape index (κ1) is 25.3. The van der Waals surface area contributed by atoms with Gasteiger partial charge < -0.3 is 14.4 Å². The average Bonchev–Trinajstić information content (AvgIpc) is 3.35. The number of anilines is 1. The van der Waals surface area contributed by atoms with Gasteiger partial charge in [0.2, 0.25) is 0 Å². The smallest absolute Gasteiger partial charge is 0.267 e. The van der Waals surface area contributed by atoms with Gasteiger partial charge >= 0.3 is 0 Å². The molecule has 0 aromatic heterocycles. The lowest BCUT2D eigenvalue weighted by molar-refractivity contribution is -0.122. The minimum Gasteiger partial charge on any atom is -0.493 e. The Kier molecular flexibility index (Phi) is 7.24. The van der Waals surface area contributed by atoms with Crippen LogP contribution in [0.4, 0.5) is 5.69 Å². The molecule has 0 aliphatic carbocycles. The lowest BCUT2D eigenvalue weighted by atomic mass is 10.1. The highest BCUT2D eigenvalue weighted by Crippen LogP contribution is 2.45. The monoisotopic (exact) mass is 550 g/mol. The van der Waals surface area contributed by atoms with Crippen LogP contribution in [0, 0.1) is 0 Å². The van der Waals surface area contributed by atoms with Crippen molar-refractivity contribution in [2.45, 2.75) is 13.0 Å². The maximum atomic E-state index is 13.7. The number of hydrogen-bond acceptors (Lipinski definition) is 6. The summed E-state index contributed by atoms with van der Waals surface area (Å²) in [6.07, 6.45) is 0.572. The second-order valence-corrected chi connectivity index (χ2v) is 10.6. The van der Waals surface area contributed by atoms with E-state index in [2.05, 4.69) is 0 Å². The van der Waals surface area contributed by atoms with Crippen molar-refractivity contribution in [3.63, 3.8) is 0 Å². The first-order chi connectivity index (χ1) is 17.9. The maximum Gasteiger partial charge on any atom is 0.267 e. The first-order valence-corrected chi connectivity index (χ1v) is 13.2. The minimum absolute atomic E-state index is 0.212. The van der Waals surface area contributed by atoms with Gasteiger partial charge in [0.1, 0.15) is 4.32 Å². The van der Waals surface area contributed by atoms with Crippen LogP contribution in [0.5, 0.6) is 11.5 Å². The number of amides is 2. The Balaban J connectivity index is 1.41. The molecule has 188 valence electrons. The number of thiocarbonyl (C=S) groups is 1. The first-order valence-electron chi connectivity index (χ1n) is 11.6. The molecular weight excluding hydrogens is 528 g/mol. The lowest BCUT2D eigenvalue weighted by Gasteiger charge is -2.17. The molecular formula is C28H23ClN2O4S2. The van der Waals surface area contributed by atoms with Crippen LogP contribution >= 0.6 is 35.6 Å². The van der Waals surface area contributed by atoms with E-state index in [0.29, 0.717) is 50.8 Å². The van der Waals surface area contributed by atoms with Crippen molar-refractivity contribution in [3.8, 4) is 11.5 Å². The molecule has 2 aliphatic rings. The number of carbonyl (C=O) groups is 2. The topological polar surface area (TPSA) is 59.1 Å². The molecule has 6 nitrogen and oxygen atoms in total. The molecule has 0 radical (unpaired) electrons. The SMILES string of the molecule is COc1ccc(CCN2C(=O)C(=C3C(=O)N(Cc4ccc(Cl)cc4)c4ccccc43)SC2=S)cc1OC. The molecule has 0 saturated carbocycles. The van der Waals surface area contributed by atoms with Gasteiger partial charge in [-0.05, 0) is 47.9 Å². The van der Waals surface area contributed by atoms with Crippen molar-refractivity contribution in [2.75, 3.05) is 25.7 Å². The lowest BCUT2D eigenvalue weighted by Crippen LogP contribution is -2.31. The van der Waals surface area contributed by atoms with Gasteiger partial charge in [-0.25, -0.2) is 0 Å². The third kappa shape index (κ3) is 4.84. The van der Waals surface area contributed by atoms with Crippen molar-refractivity contribution in [3.05, 3.63) is 93.3 Å². The molecule has 1 fully saturated rings. The van der Waals surface area contributed by atoms with E-state index in [1.54, 1.807) is 36.2 Å². The van der Waals surface area contributed by atoms with Crippen LogP contribution in [0.3, 0.4) is 0 Å². The normalized spacial score (nSPS) is 17.0. The van der Waals surface area contributed by atoms with Gasteiger partial charge in [0.15, 0.2) is 11.5 Å². The van der Waals surface area contributed by atoms with Gasteiger partial charge in [-0.1, -0.05) is 72.0 Å². The number of nitrogens with zero attached hydrogens (tertiary/aromatic N) is 2. The summed E-state index contributed by atoms with van der Waals surface area (Å²) in [6, 6.07) is 20.6. The number of fused-ring (bicyclic) bond motifs is 1. The van der Waals surface area contributed by atoms with Gasteiger partial charge in [-0.15, -0.1) is 0 Å². The Morgan fingerprint density at radius 1 is 0.865 bits per heavy atom. The van der Waals surface area contributed by atoms with E-state index < -0.39 is 0 Å². The quantitative estimate of drug-likeness (QED) is 0.277. The van der Waals surface area contributed by atoms with E-state index in [1.165, 1.54) is 11.8 Å². The highest BCUT2D eigenvalue weighted by molar-refractivity contribution is 8.26. The second-order valence-electron chi connectivity index (χ2n) is 8.50. The molecule has 2 heterocycles. The zero-order valence-electron chi connectivity index (χ0n) is 20.2. The predicted molar refractivity (Wildman–Crippen MR) is 151 cm³/mol. The Morgan fingerprint density at radius 3 is 2.30 bits per heavy atom. The Morgan fingerprint density at radius 2 is 1.57 bits per heavy atom. The van der Waals surface area contributed by atoms with Crippen LogP contribution in [0.1, 0.15) is 16.7 Å². The zero-order valence-corrected chi connectivity index (χ0v) is 22.6. The zero-order chi connectivity index (χ0) is 26.1. The van der Waals surface area contributed by atoms with E-state index in [4.69, 9.17) is 33.3 Å². The standard InChI is InChI=1S/C28H23ClN2O4S2/c1-34-22-12-9-17(15-23(22)35-2)13-14-30-27(33)25(37-28(30)36)24-20-5-3-4-6-21(20)31(26(24)32)16-18-7-10-19(29)11-8-18/h3-12,15H,13-14,16H2,1-2H3. The minimum atomic E-state index is -0.248. The number of benzene rings is 3. The molecule has 0 unspecified atom stereocenters. The van der Waals surface area contributed by atoms with Crippen LogP contribution in [-0.2, 0) is 22.6 Å². The third-order valence-corrected chi connectivity index (χ3v) is 8.03. The van der Waals surface area contributed by atoms with Gasteiger partial charge in [0.25, 0.3) is 11.8 Å². The van der Waals surface area contributed by atoms with Crippen LogP contribution in [0.2, 0.25) is 5.02 Å². The van der Waals surface area contributed by atoms with Crippen molar-refractivity contribution in [1.29, 1.82) is 0 Å². The van der Waals surface area contributed by atoms with Crippen molar-refractivity contribution >= 4 is 63.0 Å². The number of para-hydroxylation sites is 1. The summed E-state index contributed by atoms with van der Waals surface area (Å²) in [5.41, 5.74) is 3.83. The Bertz CT molecular complexity index is 1440. The van der Waals surface area contributed by atoms with E-state index in [1.807, 2.05) is 54.6 Å². The summed E-state index contributed by atoms with van der Waals surface area (Å²) >= 11 is 12.8. The average molecular weight is 551 g/mol. The summed E-state index contributed by atoms with van der Waals surface area (Å²) in [7, 11) is 3.17.